The third kappa shape index (κ3) is 3.04. The van der Waals surface area contributed by atoms with Crippen molar-refractivity contribution in [3.63, 3.8) is 0 Å². The lowest BCUT2D eigenvalue weighted by Crippen LogP contribution is -2.31. The zero-order valence-corrected chi connectivity index (χ0v) is 11.5. The molecule has 0 radical (unpaired) electrons. The van der Waals surface area contributed by atoms with E-state index in [9.17, 15) is 4.79 Å². The first-order valence-corrected chi connectivity index (χ1v) is 7.20. The second-order valence-electron chi connectivity index (χ2n) is 5.24. The van der Waals surface area contributed by atoms with Gasteiger partial charge in [0.2, 0.25) is 5.91 Å². The summed E-state index contributed by atoms with van der Waals surface area (Å²) in [5.41, 5.74) is 1.04. The Hall–Kier alpha value is -1.75. The van der Waals surface area contributed by atoms with E-state index in [-0.39, 0.29) is 11.8 Å². The molecule has 1 unspecified atom stereocenters. The first kappa shape index (κ1) is 13.2. The highest BCUT2D eigenvalue weighted by Crippen LogP contribution is 2.30. The molecule has 3 rings (SSSR count). The van der Waals surface area contributed by atoms with Crippen molar-refractivity contribution in [3.8, 4) is 11.5 Å². The van der Waals surface area contributed by atoms with Gasteiger partial charge in [0.1, 0.15) is 0 Å². The summed E-state index contributed by atoms with van der Waals surface area (Å²) in [6, 6.07) is 5.84. The molecule has 2 aliphatic heterocycles. The van der Waals surface area contributed by atoms with Crippen LogP contribution >= 0.6 is 0 Å². The van der Waals surface area contributed by atoms with E-state index in [1.54, 1.807) is 0 Å². The Balaban J connectivity index is 1.60. The summed E-state index contributed by atoms with van der Waals surface area (Å²) in [7, 11) is 0. The fraction of sp³-hybridized carbons (Fsp3) is 0.533. The normalized spacial score (nSPS) is 21.3. The number of carbonyl (C=O) groups excluding carboxylic acids is 1. The molecule has 0 aromatic heterocycles. The van der Waals surface area contributed by atoms with Crippen LogP contribution < -0.4 is 20.1 Å². The summed E-state index contributed by atoms with van der Waals surface area (Å²) in [5, 5.41) is 6.19. The first-order chi connectivity index (χ1) is 9.83. The van der Waals surface area contributed by atoms with E-state index in [1.165, 1.54) is 0 Å². The van der Waals surface area contributed by atoms with Crippen LogP contribution in [0, 0.1) is 5.92 Å². The average Bonchev–Trinajstić information content (AvgIpc) is 2.90. The quantitative estimate of drug-likeness (QED) is 0.867. The van der Waals surface area contributed by atoms with Crippen molar-refractivity contribution < 1.29 is 14.3 Å². The van der Waals surface area contributed by atoms with Crippen LogP contribution in [0.4, 0.5) is 0 Å². The summed E-state index contributed by atoms with van der Waals surface area (Å²) in [6.07, 6.45) is 1.82. The van der Waals surface area contributed by atoms with Gasteiger partial charge in [0, 0.05) is 19.5 Å². The predicted octanol–water partition coefficient (Wildman–Crippen LogP) is 1.07. The standard InChI is InChI=1S/C15H20N2O3/c18-15(12-4-5-16-10-12)17-9-11-2-3-13-14(8-11)20-7-1-6-19-13/h2-3,8,12,16H,1,4-7,9-10H2,(H,17,18). The maximum atomic E-state index is 12.0. The molecule has 2 heterocycles. The van der Waals surface area contributed by atoms with Crippen LogP contribution in [0.1, 0.15) is 18.4 Å². The number of fused-ring (bicyclic) bond motifs is 1. The van der Waals surface area contributed by atoms with Crippen molar-refractivity contribution in [1.29, 1.82) is 0 Å². The number of hydrogen-bond acceptors (Lipinski definition) is 4. The molecule has 1 aromatic carbocycles. The minimum absolute atomic E-state index is 0.107. The Morgan fingerprint density at radius 3 is 2.95 bits per heavy atom. The molecule has 1 aromatic rings. The molecular formula is C15H20N2O3. The van der Waals surface area contributed by atoms with Crippen molar-refractivity contribution in [3.05, 3.63) is 23.8 Å². The molecule has 20 heavy (non-hydrogen) atoms. The van der Waals surface area contributed by atoms with Gasteiger partial charge < -0.3 is 20.1 Å². The smallest absolute Gasteiger partial charge is 0.224 e. The van der Waals surface area contributed by atoms with Crippen LogP contribution in [-0.2, 0) is 11.3 Å². The van der Waals surface area contributed by atoms with Crippen molar-refractivity contribution >= 4 is 5.91 Å². The summed E-state index contributed by atoms with van der Waals surface area (Å²) in [5.74, 6) is 1.80. The van der Waals surface area contributed by atoms with E-state index in [1.807, 2.05) is 18.2 Å². The van der Waals surface area contributed by atoms with Crippen LogP contribution in [0.5, 0.6) is 11.5 Å². The Morgan fingerprint density at radius 1 is 1.30 bits per heavy atom. The minimum atomic E-state index is 0.107. The van der Waals surface area contributed by atoms with Gasteiger partial charge in [-0.2, -0.15) is 0 Å². The lowest BCUT2D eigenvalue weighted by Gasteiger charge is -2.12. The van der Waals surface area contributed by atoms with Gasteiger partial charge in [0.25, 0.3) is 0 Å². The van der Waals surface area contributed by atoms with Gasteiger partial charge in [-0.1, -0.05) is 6.07 Å². The Kier molecular flexibility index (Phi) is 4.06. The van der Waals surface area contributed by atoms with Gasteiger partial charge in [-0.25, -0.2) is 0 Å². The molecule has 108 valence electrons. The minimum Gasteiger partial charge on any atom is -0.490 e. The van der Waals surface area contributed by atoms with Crippen LogP contribution in [-0.4, -0.2) is 32.2 Å². The SMILES string of the molecule is O=C(NCc1ccc2c(c1)OCCCO2)C1CCNC1. The van der Waals surface area contributed by atoms with E-state index < -0.39 is 0 Å². The number of carbonyl (C=O) groups is 1. The summed E-state index contributed by atoms with van der Waals surface area (Å²) < 4.78 is 11.2. The number of hydrogen-bond donors (Lipinski definition) is 2. The lowest BCUT2D eigenvalue weighted by atomic mass is 10.1. The fourth-order valence-corrected chi connectivity index (χ4v) is 2.53. The van der Waals surface area contributed by atoms with E-state index in [0.29, 0.717) is 19.8 Å². The van der Waals surface area contributed by atoms with E-state index >= 15 is 0 Å². The monoisotopic (exact) mass is 276 g/mol. The highest BCUT2D eigenvalue weighted by molar-refractivity contribution is 5.79. The van der Waals surface area contributed by atoms with Gasteiger partial charge in [-0.3, -0.25) is 4.79 Å². The fourth-order valence-electron chi connectivity index (χ4n) is 2.53. The van der Waals surface area contributed by atoms with Gasteiger partial charge in [-0.05, 0) is 30.7 Å². The number of nitrogens with one attached hydrogen (secondary N) is 2. The third-order valence-electron chi connectivity index (χ3n) is 3.71. The van der Waals surface area contributed by atoms with E-state index in [4.69, 9.17) is 9.47 Å². The van der Waals surface area contributed by atoms with E-state index in [0.717, 1.165) is 43.0 Å². The number of ether oxygens (including phenoxy) is 2. The average molecular weight is 276 g/mol. The summed E-state index contributed by atoms with van der Waals surface area (Å²) in [4.78, 5) is 12.0. The molecule has 0 aliphatic carbocycles. The van der Waals surface area contributed by atoms with Crippen molar-refractivity contribution in [2.75, 3.05) is 26.3 Å². The molecule has 2 aliphatic rings. The maximum Gasteiger partial charge on any atom is 0.224 e. The molecule has 0 bridgehead atoms. The maximum absolute atomic E-state index is 12.0. The molecule has 5 heteroatoms. The second kappa shape index (κ2) is 6.13. The molecule has 1 fully saturated rings. The summed E-state index contributed by atoms with van der Waals surface area (Å²) in [6.45, 7) is 3.62. The van der Waals surface area contributed by atoms with Gasteiger partial charge in [-0.15, -0.1) is 0 Å². The molecule has 0 saturated carbocycles. The topological polar surface area (TPSA) is 59.6 Å². The van der Waals surface area contributed by atoms with Crippen molar-refractivity contribution in [2.24, 2.45) is 5.92 Å². The van der Waals surface area contributed by atoms with Crippen LogP contribution in [0.15, 0.2) is 18.2 Å². The Labute approximate surface area is 118 Å². The number of amides is 1. The van der Waals surface area contributed by atoms with E-state index in [2.05, 4.69) is 10.6 Å². The zero-order chi connectivity index (χ0) is 13.8. The molecule has 0 spiro atoms. The van der Waals surface area contributed by atoms with Crippen LogP contribution in [0.25, 0.3) is 0 Å². The number of rotatable bonds is 3. The van der Waals surface area contributed by atoms with Gasteiger partial charge in [0.05, 0.1) is 19.1 Å². The molecule has 5 nitrogen and oxygen atoms in total. The Bertz CT molecular complexity index is 484. The lowest BCUT2D eigenvalue weighted by molar-refractivity contribution is -0.124. The molecular weight excluding hydrogens is 256 g/mol. The van der Waals surface area contributed by atoms with Crippen molar-refractivity contribution in [1.82, 2.24) is 10.6 Å². The molecule has 1 amide bonds. The van der Waals surface area contributed by atoms with Crippen LogP contribution in [0.3, 0.4) is 0 Å². The highest BCUT2D eigenvalue weighted by Gasteiger charge is 2.22. The largest absolute Gasteiger partial charge is 0.490 e. The van der Waals surface area contributed by atoms with Crippen molar-refractivity contribution in [2.45, 2.75) is 19.4 Å². The first-order valence-electron chi connectivity index (χ1n) is 7.20. The van der Waals surface area contributed by atoms with Gasteiger partial charge >= 0.3 is 0 Å². The second-order valence-corrected chi connectivity index (χ2v) is 5.24. The summed E-state index contributed by atoms with van der Waals surface area (Å²) >= 11 is 0. The molecule has 1 atom stereocenters. The predicted molar refractivity (Wildman–Crippen MR) is 74.9 cm³/mol. The molecule has 2 N–H and O–H groups in total. The third-order valence-corrected chi connectivity index (χ3v) is 3.71. The molecule has 1 saturated heterocycles. The number of benzene rings is 1. The van der Waals surface area contributed by atoms with Gasteiger partial charge in [0.15, 0.2) is 11.5 Å². The highest BCUT2D eigenvalue weighted by atomic mass is 16.5. The Morgan fingerprint density at radius 2 is 2.15 bits per heavy atom. The zero-order valence-electron chi connectivity index (χ0n) is 11.5. The van der Waals surface area contributed by atoms with Crippen LogP contribution in [0.2, 0.25) is 0 Å².